The van der Waals surface area contributed by atoms with Crippen LogP contribution < -0.4 is 5.73 Å². The molecule has 3 nitrogen and oxygen atoms in total. The number of hydrogen-bond acceptors (Lipinski definition) is 2. The zero-order chi connectivity index (χ0) is 14.1. The third-order valence-electron chi connectivity index (χ3n) is 3.65. The van der Waals surface area contributed by atoms with Gasteiger partial charge in [-0.15, -0.1) is 0 Å². The lowest BCUT2D eigenvalue weighted by atomic mass is 10.1. The minimum Gasteiger partial charge on any atom is -0.330 e. The second-order valence-electron chi connectivity index (χ2n) is 5.20. The Bertz CT molecular complexity index is 739. The number of aryl methyl sites for hydroxylation is 2. The van der Waals surface area contributed by atoms with E-state index in [1.807, 2.05) is 0 Å². The first kappa shape index (κ1) is 12.9. The monoisotopic (exact) mass is 265 g/mol. The van der Waals surface area contributed by atoms with Crippen LogP contribution in [0.5, 0.6) is 0 Å². The van der Waals surface area contributed by atoms with Crippen LogP contribution in [-0.4, -0.2) is 15.9 Å². The van der Waals surface area contributed by atoms with Gasteiger partial charge in [-0.2, -0.15) is 0 Å². The Kier molecular flexibility index (Phi) is 3.28. The van der Waals surface area contributed by atoms with Crippen molar-refractivity contribution in [2.75, 3.05) is 6.54 Å². The van der Waals surface area contributed by atoms with Crippen LogP contribution >= 0.6 is 0 Å². The summed E-state index contributed by atoms with van der Waals surface area (Å²) in [6.07, 6.45) is 2.89. The van der Waals surface area contributed by atoms with Gasteiger partial charge in [0.05, 0.1) is 11.4 Å². The number of imidazole rings is 1. The van der Waals surface area contributed by atoms with Crippen LogP contribution in [-0.2, 0) is 6.42 Å². The summed E-state index contributed by atoms with van der Waals surface area (Å²) in [5, 5.41) is 0. The van der Waals surface area contributed by atoms with Gasteiger partial charge in [-0.1, -0.05) is 35.9 Å². The quantitative estimate of drug-likeness (QED) is 0.790. The largest absolute Gasteiger partial charge is 0.330 e. The summed E-state index contributed by atoms with van der Waals surface area (Å²) < 4.78 is 2.16. The van der Waals surface area contributed by atoms with Crippen molar-refractivity contribution in [1.82, 2.24) is 9.38 Å². The number of nitrogens with two attached hydrogens (primary N) is 1. The molecule has 0 bridgehead atoms. The smallest absolute Gasteiger partial charge is 0.140 e. The average molecular weight is 265 g/mol. The van der Waals surface area contributed by atoms with Gasteiger partial charge in [0.1, 0.15) is 5.65 Å². The summed E-state index contributed by atoms with van der Waals surface area (Å²) in [6, 6.07) is 12.7. The van der Waals surface area contributed by atoms with Crippen molar-refractivity contribution in [3.05, 3.63) is 59.4 Å². The van der Waals surface area contributed by atoms with Gasteiger partial charge in [-0.25, -0.2) is 4.98 Å². The summed E-state index contributed by atoms with van der Waals surface area (Å²) in [5.41, 5.74) is 12.6. The molecule has 0 saturated carbocycles. The van der Waals surface area contributed by atoms with E-state index >= 15 is 0 Å². The Morgan fingerprint density at radius 3 is 2.55 bits per heavy atom. The van der Waals surface area contributed by atoms with Crippen molar-refractivity contribution in [2.24, 2.45) is 5.73 Å². The highest BCUT2D eigenvalue weighted by atomic mass is 15.0. The molecular weight excluding hydrogens is 246 g/mol. The van der Waals surface area contributed by atoms with Crippen molar-refractivity contribution in [3.8, 4) is 11.3 Å². The molecule has 0 atom stereocenters. The van der Waals surface area contributed by atoms with Crippen LogP contribution in [0, 0.1) is 13.8 Å². The van der Waals surface area contributed by atoms with Crippen LogP contribution in [0.4, 0.5) is 0 Å². The van der Waals surface area contributed by atoms with Gasteiger partial charge in [0.15, 0.2) is 0 Å². The Balaban J connectivity index is 2.26. The fraction of sp³-hybridized carbons (Fsp3) is 0.235. The number of fused-ring (bicyclic) bond motifs is 1. The van der Waals surface area contributed by atoms with E-state index in [0.717, 1.165) is 23.3 Å². The molecule has 2 aromatic heterocycles. The summed E-state index contributed by atoms with van der Waals surface area (Å²) in [6.45, 7) is 4.81. The Morgan fingerprint density at radius 2 is 1.85 bits per heavy atom. The number of rotatable bonds is 3. The van der Waals surface area contributed by atoms with E-state index in [2.05, 4.69) is 60.8 Å². The van der Waals surface area contributed by atoms with E-state index in [4.69, 9.17) is 10.7 Å². The lowest BCUT2D eigenvalue weighted by Crippen LogP contribution is -2.06. The van der Waals surface area contributed by atoms with Crippen molar-refractivity contribution in [2.45, 2.75) is 20.3 Å². The zero-order valence-electron chi connectivity index (χ0n) is 11.9. The standard InChI is InChI=1S/C17H19N3/c1-12-5-7-14(8-6-12)16-15(9-10-18)20-11-3-4-13(2)17(20)19-16/h3-8,11H,9-10,18H2,1-2H3. The van der Waals surface area contributed by atoms with Gasteiger partial charge < -0.3 is 10.1 Å². The number of pyridine rings is 1. The van der Waals surface area contributed by atoms with Crippen molar-refractivity contribution < 1.29 is 0 Å². The molecule has 0 saturated heterocycles. The lowest BCUT2D eigenvalue weighted by Gasteiger charge is -2.04. The van der Waals surface area contributed by atoms with Gasteiger partial charge >= 0.3 is 0 Å². The Labute approximate surface area is 119 Å². The van der Waals surface area contributed by atoms with Crippen LogP contribution in [0.1, 0.15) is 16.8 Å². The lowest BCUT2D eigenvalue weighted by molar-refractivity contribution is 0.906. The summed E-state index contributed by atoms with van der Waals surface area (Å²) in [4.78, 5) is 4.84. The minimum absolute atomic E-state index is 0.626. The molecule has 3 rings (SSSR count). The number of nitrogens with zero attached hydrogens (tertiary/aromatic N) is 2. The molecule has 0 aliphatic heterocycles. The third-order valence-corrected chi connectivity index (χ3v) is 3.65. The molecule has 0 unspecified atom stereocenters. The molecule has 2 N–H and O–H groups in total. The van der Waals surface area contributed by atoms with Crippen LogP contribution in [0.3, 0.4) is 0 Å². The van der Waals surface area contributed by atoms with Crippen molar-refractivity contribution in [3.63, 3.8) is 0 Å². The van der Waals surface area contributed by atoms with Crippen LogP contribution in [0.25, 0.3) is 16.9 Å². The second kappa shape index (κ2) is 5.10. The van der Waals surface area contributed by atoms with Crippen molar-refractivity contribution >= 4 is 5.65 Å². The molecule has 0 aliphatic rings. The van der Waals surface area contributed by atoms with Crippen molar-refractivity contribution in [1.29, 1.82) is 0 Å². The summed E-state index contributed by atoms with van der Waals surface area (Å²) in [5.74, 6) is 0. The van der Waals surface area contributed by atoms with E-state index in [9.17, 15) is 0 Å². The number of aromatic nitrogens is 2. The number of hydrogen-bond donors (Lipinski definition) is 1. The first-order valence-corrected chi connectivity index (χ1v) is 6.94. The average Bonchev–Trinajstić information content (AvgIpc) is 2.81. The third kappa shape index (κ3) is 2.10. The van der Waals surface area contributed by atoms with E-state index in [-0.39, 0.29) is 0 Å². The maximum Gasteiger partial charge on any atom is 0.140 e. The van der Waals surface area contributed by atoms with Gasteiger partial charge in [0.25, 0.3) is 0 Å². The van der Waals surface area contributed by atoms with E-state index < -0.39 is 0 Å². The molecule has 102 valence electrons. The molecule has 20 heavy (non-hydrogen) atoms. The van der Waals surface area contributed by atoms with Crippen LogP contribution in [0.15, 0.2) is 42.6 Å². The normalized spacial score (nSPS) is 11.2. The zero-order valence-corrected chi connectivity index (χ0v) is 11.9. The Morgan fingerprint density at radius 1 is 1.10 bits per heavy atom. The maximum atomic E-state index is 5.78. The first-order valence-electron chi connectivity index (χ1n) is 6.94. The summed E-state index contributed by atoms with van der Waals surface area (Å²) in [7, 11) is 0. The van der Waals surface area contributed by atoms with Gasteiger partial charge in [-0.3, -0.25) is 0 Å². The van der Waals surface area contributed by atoms with Crippen LogP contribution in [0.2, 0.25) is 0 Å². The fourth-order valence-corrected chi connectivity index (χ4v) is 2.57. The van der Waals surface area contributed by atoms with E-state index in [0.29, 0.717) is 6.54 Å². The van der Waals surface area contributed by atoms with Gasteiger partial charge in [-0.05, 0) is 32.0 Å². The predicted octanol–water partition coefficient (Wildman–Crippen LogP) is 3.12. The molecule has 1 aromatic carbocycles. The molecule has 2 heterocycles. The van der Waals surface area contributed by atoms with Gasteiger partial charge in [0, 0.05) is 18.2 Å². The highest BCUT2D eigenvalue weighted by Gasteiger charge is 2.14. The Hall–Kier alpha value is -2.13. The minimum atomic E-state index is 0.626. The van der Waals surface area contributed by atoms with E-state index in [1.165, 1.54) is 16.8 Å². The molecule has 3 heteroatoms. The molecular formula is C17H19N3. The second-order valence-corrected chi connectivity index (χ2v) is 5.20. The number of benzene rings is 1. The molecule has 0 spiro atoms. The molecule has 0 aliphatic carbocycles. The highest BCUT2D eigenvalue weighted by molar-refractivity contribution is 5.68. The SMILES string of the molecule is Cc1ccc(-c2nc3c(C)cccn3c2CCN)cc1. The summed E-state index contributed by atoms with van der Waals surface area (Å²) >= 11 is 0. The fourth-order valence-electron chi connectivity index (χ4n) is 2.57. The maximum absolute atomic E-state index is 5.78. The highest BCUT2D eigenvalue weighted by Crippen LogP contribution is 2.26. The predicted molar refractivity (Wildman–Crippen MR) is 82.9 cm³/mol. The first-order chi connectivity index (χ1) is 9.70. The van der Waals surface area contributed by atoms with E-state index in [1.54, 1.807) is 0 Å². The molecule has 0 radical (unpaired) electrons. The van der Waals surface area contributed by atoms with Gasteiger partial charge in [0.2, 0.25) is 0 Å². The topological polar surface area (TPSA) is 43.3 Å². The molecule has 0 fully saturated rings. The molecule has 0 amide bonds. The molecule has 3 aromatic rings.